The third-order valence-corrected chi connectivity index (χ3v) is 22.0. The number of esters is 2. The molecule has 0 aromatic heterocycles. The molecule has 488 valence electrons. The maximum atomic E-state index is 13.9. The van der Waals surface area contributed by atoms with Crippen molar-refractivity contribution in [2.75, 3.05) is 13.2 Å². The molecule has 98 heavy (non-hydrogen) atoms. The maximum Gasteiger partial charge on any atom is 1.00 e. The number of phosphoric ester groups is 2. The van der Waals surface area contributed by atoms with Crippen LogP contribution >= 0.6 is 62.7 Å². The number of ether oxygens (including phenoxy) is 2. The number of benzene rings is 8. The van der Waals surface area contributed by atoms with Gasteiger partial charge in [0.25, 0.3) is 0 Å². The van der Waals surface area contributed by atoms with E-state index in [0.29, 0.717) is 55.6 Å². The monoisotopic (exact) mass is 1460 g/mol. The van der Waals surface area contributed by atoms with Gasteiger partial charge in [0.05, 0.1) is 36.9 Å². The van der Waals surface area contributed by atoms with Crippen molar-refractivity contribution in [3.05, 3.63) is 237 Å². The Morgan fingerprint density at radius 2 is 0.602 bits per heavy atom. The standard InChI is InChI=1S/C38H35O8PS2.C34H27O8PS2.3Na.H2O/c1-5-43-37(39)23(3)25-15-17-33-27(19-25)21-31(29-11-7-9-13-35(29)48-33)45-47(41,42)46-32-22-28-20-26(24(4)38(40)44-6-2)16-18-34(28)49-36-14-10-8-12-30(32)36;1-19(33(35)36)21-11-13-29-23(15-21)17-27(25-7-3-5-9-31(25)44-29)41-43(39,40)42-28-18-24-16-22(20(2)34(37)38)12-14-30(24)45-32-10-6-4-8-26(28)32;;;;/h7-24H,5-6H2,1-4H3,(H,41,42);3-20H,1-2H3,(H,35,36)(H,37,38)(H,39,40);;;;1H2/q;;3*+1;/p-3. The van der Waals surface area contributed by atoms with Crippen LogP contribution in [-0.4, -0.2) is 52.8 Å². The van der Waals surface area contributed by atoms with Gasteiger partial charge in [0, 0.05) is 61.4 Å². The van der Waals surface area contributed by atoms with Gasteiger partial charge in [-0.15, -0.1) is 0 Å². The number of hydrogen-bond acceptors (Lipinski definition) is 19. The zero-order valence-electron chi connectivity index (χ0n) is 54.8. The second-order valence-corrected chi connectivity index (χ2v) is 28.8. The zero-order chi connectivity index (χ0) is 66.6. The first-order valence-corrected chi connectivity index (χ1v) is 36.0. The number of carbonyl (C=O) groups excluding carboxylic acids is 2. The number of carbonyl (C=O) groups is 4. The predicted octanol–water partition coefficient (Wildman–Crippen LogP) is 8.17. The van der Waals surface area contributed by atoms with E-state index in [-0.39, 0.29) is 142 Å². The van der Waals surface area contributed by atoms with Crippen molar-refractivity contribution in [1.29, 1.82) is 0 Å². The number of carboxylic acids is 2. The second-order valence-electron chi connectivity index (χ2n) is 21.9. The molecule has 0 aliphatic carbocycles. The predicted molar refractivity (Wildman–Crippen MR) is 363 cm³/mol. The van der Waals surface area contributed by atoms with Crippen molar-refractivity contribution < 1.29 is 170 Å². The SMILES string of the molecule is CC(C(=O)O)c1ccc2c(c1)C=C(OP(=O)([O-])OC1=Cc3cc(C(C)C(=O)O)ccc3Sc3ccccc31)c1ccccc1S2.CCOC(=O)C(C)c1ccc2c(c1)C=C(OP(=O)([O-])OC1=Cc3cc(C(C)C(=O)OCC)ccc3Sc3ccccc31)c1ccccc1S2.[Na+].[Na+].[Na+].[OH-]. The molecule has 17 nitrogen and oxygen atoms in total. The summed E-state index contributed by atoms with van der Waals surface area (Å²) in [5.74, 6) is -4.96. The van der Waals surface area contributed by atoms with E-state index in [1.54, 1.807) is 127 Å². The van der Waals surface area contributed by atoms with Gasteiger partial charge >= 0.3 is 128 Å². The number of hydrogen-bond donors (Lipinski definition) is 2. The molecule has 4 heterocycles. The summed E-state index contributed by atoms with van der Waals surface area (Å²) in [6.45, 7) is 10.8. The van der Waals surface area contributed by atoms with Crippen molar-refractivity contribution in [1.82, 2.24) is 0 Å². The summed E-state index contributed by atoms with van der Waals surface area (Å²) in [6, 6.07) is 51.0. The molecule has 0 amide bonds. The number of aliphatic carboxylic acids is 2. The van der Waals surface area contributed by atoms with E-state index in [1.807, 2.05) is 109 Å². The maximum absolute atomic E-state index is 13.9. The first kappa shape index (κ1) is 79.9. The van der Waals surface area contributed by atoms with Crippen LogP contribution < -0.4 is 98.5 Å². The molecule has 0 spiro atoms. The quantitative estimate of drug-likeness (QED) is 0.0465. The van der Waals surface area contributed by atoms with E-state index in [4.69, 9.17) is 27.6 Å². The molecule has 26 heteroatoms. The average molecular weight is 1460 g/mol. The Morgan fingerprint density at radius 3 is 0.827 bits per heavy atom. The van der Waals surface area contributed by atoms with Gasteiger partial charge < -0.3 is 53.0 Å². The Morgan fingerprint density at radius 1 is 0.378 bits per heavy atom. The van der Waals surface area contributed by atoms with Gasteiger partial charge in [0.2, 0.25) is 0 Å². The zero-order valence-corrected chi connectivity index (χ0v) is 65.8. The Labute approximate surface area is 651 Å². The first-order valence-electron chi connectivity index (χ1n) is 29.8. The third kappa shape index (κ3) is 18.8. The van der Waals surface area contributed by atoms with Gasteiger partial charge in [0.15, 0.2) is 0 Å². The molecule has 0 saturated heterocycles. The molecule has 0 radical (unpaired) electrons. The van der Waals surface area contributed by atoms with Gasteiger partial charge in [-0.05, 0) is 183 Å². The summed E-state index contributed by atoms with van der Waals surface area (Å²) >= 11 is 5.79. The summed E-state index contributed by atoms with van der Waals surface area (Å²) in [4.78, 5) is 82.4. The summed E-state index contributed by atoms with van der Waals surface area (Å²) < 4.78 is 61.1. The van der Waals surface area contributed by atoms with Crippen molar-refractivity contribution in [2.45, 2.75) is 104 Å². The Bertz CT molecular complexity index is 4320. The van der Waals surface area contributed by atoms with Crippen LogP contribution in [0.5, 0.6) is 0 Å². The van der Waals surface area contributed by atoms with E-state index in [0.717, 1.165) is 50.3 Å². The first-order chi connectivity index (χ1) is 45.0. The fourth-order valence-corrected chi connectivity index (χ4v) is 16.2. The van der Waals surface area contributed by atoms with Crippen LogP contribution in [0.25, 0.3) is 47.3 Å². The van der Waals surface area contributed by atoms with E-state index < -0.39 is 51.3 Å². The Balaban J connectivity index is 0.000000266. The van der Waals surface area contributed by atoms with E-state index in [2.05, 4.69) is 0 Å². The van der Waals surface area contributed by atoms with Crippen LogP contribution in [0.15, 0.2) is 209 Å². The summed E-state index contributed by atoms with van der Waals surface area (Å²) in [5.41, 5.74) is 7.44. The van der Waals surface area contributed by atoms with Gasteiger partial charge in [-0.1, -0.05) is 144 Å². The molecule has 0 fully saturated rings. The fraction of sp³-hybridized carbons (Fsp3) is 0.167. The molecule has 0 bridgehead atoms. The molecular weight excluding hydrogens is 1400 g/mol. The van der Waals surface area contributed by atoms with Crippen LogP contribution in [-0.2, 0) is 55.9 Å². The van der Waals surface area contributed by atoms with Crippen LogP contribution in [0, 0.1) is 0 Å². The Kier molecular flexibility index (Phi) is 28.5. The number of phosphoric acid groups is 2. The van der Waals surface area contributed by atoms with Crippen molar-refractivity contribution in [3.8, 4) is 0 Å². The Hall–Kier alpha value is -5.46. The molecule has 0 saturated carbocycles. The molecule has 12 rings (SSSR count). The molecule has 8 aromatic rings. The molecule has 4 aliphatic rings. The minimum Gasteiger partial charge on any atom is -0.870 e. The number of carboxylic acid groups (broad SMARTS) is 2. The minimum absolute atomic E-state index is 0. The molecule has 4 aliphatic heterocycles. The molecule has 4 atom stereocenters. The number of fused-ring (bicyclic) bond motifs is 8. The van der Waals surface area contributed by atoms with Crippen LogP contribution in [0.1, 0.15) is 132 Å². The molecule has 3 N–H and O–H groups in total. The number of rotatable bonds is 18. The third-order valence-electron chi connectivity index (χ3n) is 15.6. The molecule has 4 unspecified atom stereocenters. The normalized spacial score (nSPS) is 15.1. The largest absolute Gasteiger partial charge is 1.00 e. The second kappa shape index (κ2) is 34.9. The van der Waals surface area contributed by atoms with Gasteiger partial charge in [-0.25, -0.2) is 9.13 Å². The van der Waals surface area contributed by atoms with E-state index in [9.17, 15) is 48.3 Å². The van der Waals surface area contributed by atoms with Crippen molar-refractivity contribution in [2.24, 2.45) is 0 Å². The van der Waals surface area contributed by atoms with Crippen molar-refractivity contribution >= 4 is 134 Å². The minimum atomic E-state index is -5.09. The van der Waals surface area contributed by atoms with Crippen LogP contribution in [0.3, 0.4) is 0 Å². The summed E-state index contributed by atoms with van der Waals surface area (Å²) in [5, 5.41) is 19.1. The van der Waals surface area contributed by atoms with Crippen molar-refractivity contribution in [3.63, 3.8) is 0 Å². The van der Waals surface area contributed by atoms with Crippen LogP contribution in [0.2, 0.25) is 0 Å². The fourth-order valence-electron chi connectivity index (χ4n) is 10.5. The topological polar surface area (TPSA) is 274 Å². The molecular formula is C72H61Na3O17P2S4. The average Bonchev–Trinajstić information content (AvgIpc) is 1.61. The van der Waals surface area contributed by atoms with E-state index in [1.165, 1.54) is 47.0 Å². The molecule has 8 aromatic carbocycles. The summed E-state index contributed by atoms with van der Waals surface area (Å²) in [6.07, 6.45) is 6.49. The van der Waals surface area contributed by atoms with Gasteiger partial charge in [-0.3, -0.25) is 19.2 Å². The van der Waals surface area contributed by atoms with Gasteiger partial charge in [-0.2, -0.15) is 0 Å². The van der Waals surface area contributed by atoms with Gasteiger partial charge in [0.1, 0.15) is 23.0 Å². The van der Waals surface area contributed by atoms with E-state index >= 15 is 0 Å². The summed E-state index contributed by atoms with van der Waals surface area (Å²) in [7, 11) is -10.2. The van der Waals surface area contributed by atoms with Crippen LogP contribution in [0.4, 0.5) is 0 Å². The smallest absolute Gasteiger partial charge is 0.870 e.